The van der Waals surface area contributed by atoms with Gasteiger partial charge < -0.3 is 10.6 Å². The van der Waals surface area contributed by atoms with E-state index in [4.69, 9.17) is 0 Å². The second-order valence-electron chi connectivity index (χ2n) is 4.25. The van der Waals surface area contributed by atoms with E-state index in [1.54, 1.807) is 6.20 Å². The lowest BCUT2D eigenvalue weighted by Crippen LogP contribution is -2.33. The standard InChI is InChI=1S/C13H15N5/c1-18-11(6-7-16-18)9-15-13-14-8-10-4-2-3-5-12(10)17-13/h2-7H,8-9H2,1H3,(H2,14,15,17). The van der Waals surface area contributed by atoms with Crippen LogP contribution in [0.15, 0.2) is 41.5 Å². The van der Waals surface area contributed by atoms with Crippen molar-refractivity contribution in [3.05, 3.63) is 47.8 Å². The van der Waals surface area contributed by atoms with Crippen LogP contribution in [0.5, 0.6) is 0 Å². The van der Waals surface area contributed by atoms with Crippen molar-refractivity contribution in [1.82, 2.24) is 15.1 Å². The van der Waals surface area contributed by atoms with Crippen LogP contribution in [0.1, 0.15) is 11.3 Å². The normalized spacial score (nSPS) is 13.5. The van der Waals surface area contributed by atoms with E-state index in [9.17, 15) is 0 Å². The van der Waals surface area contributed by atoms with E-state index in [1.165, 1.54) is 5.56 Å². The van der Waals surface area contributed by atoms with Crippen LogP contribution in [-0.2, 0) is 20.1 Å². The first kappa shape index (κ1) is 10.8. The van der Waals surface area contributed by atoms with Gasteiger partial charge in [0.2, 0.25) is 0 Å². The minimum absolute atomic E-state index is 0.713. The van der Waals surface area contributed by atoms with Gasteiger partial charge in [-0.1, -0.05) is 18.2 Å². The summed E-state index contributed by atoms with van der Waals surface area (Å²) >= 11 is 0. The number of nitrogens with one attached hydrogen (secondary N) is 2. The SMILES string of the molecule is Cn1nccc1CNC1=NCc2ccccc2N1. The molecule has 0 amide bonds. The maximum absolute atomic E-state index is 4.46. The highest BCUT2D eigenvalue weighted by atomic mass is 15.3. The van der Waals surface area contributed by atoms with Gasteiger partial charge in [0.1, 0.15) is 0 Å². The van der Waals surface area contributed by atoms with Crippen molar-refractivity contribution in [2.75, 3.05) is 5.32 Å². The van der Waals surface area contributed by atoms with E-state index in [0.29, 0.717) is 6.54 Å². The number of aliphatic imine (C=N–C) groups is 1. The fourth-order valence-electron chi connectivity index (χ4n) is 1.96. The molecule has 0 spiro atoms. The average Bonchev–Trinajstić information content (AvgIpc) is 2.82. The molecule has 92 valence electrons. The zero-order chi connectivity index (χ0) is 12.4. The molecule has 5 heteroatoms. The molecule has 18 heavy (non-hydrogen) atoms. The molecule has 0 fully saturated rings. The van der Waals surface area contributed by atoms with E-state index in [-0.39, 0.29) is 0 Å². The zero-order valence-corrected chi connectivity index (χ0v) is 10.2. The molecule has 5 nitrogen and oxygen atoms in total. The minimum Gasteiger partial charge on any atom is -0.350 e. The number of hydrogen-bond donors (Lipinski definition) is 2. The second-order valence-corrected chi connectivity index (χ2v) is 4.25. The third-order valence-electron chi connectivity index (χ3n) is 3.04. The van der Waals surface area contributed by atoms with Crippen LogP contribution < -0.4 is 10.6 Å². The molecular weight excluding hydrogens is 226 g/mol. The largest absolute Gasteiger partial charge is 0.350 e. The van der Waals surface area contributed by atoms with Gasteiger partial charge in [0.25, 0.3) is 0 Å². The summed E-state index contributed by atoms with van der Waals surface area (Å²) in [7, 11) is 1.93. The van der Waals surface area contributed by atoms with Crippen LogP contribution in [0.3, 0.4) is 0 Å². The van der Waals surface area contributed by atoms with Gasteiger partial charge in [-0.15, -0.1) is 0 Å². The Balaban J connectivity index is 1.66. The second kappa shape index (κ2) is 4.52. The summed E-state index contributed by atoms with van der Waals surface area (Å²) in [6, 6.07) is 10.2. The van der Waals surface area contributed by atoms with Gasteiger partial charge in [-0.2, -0.15) is 5.10 Å². The third-order valence-corrected chi connectivity index (χ3v) is 3.04. The molecule has 1 aromatic carbocycles. The van der Waals surface area contributed by atoms with Crippen molar-refractivity contribution in [3.8, 4) is 0 Å². The van der Waals surface area contributed by atoms with Gasteiger partial charge in [0, 0.05) is 18.9 Å². The molecule has 0 saturated carbocycles. The lowest BCUT2D eigenvalue weighted by atomic mass is 10.1. The number of nitrogens with zero attached hydrogens (tertiary/aromatic N) is 3. The fraction of sp³-hybridized carbons (Fsp3) is 0.231. The molecular formula is C13H15N5. The smallest absolute Gasteiger partial charge is 0.196 e. The van der Waals surface area contributed by atoms with Crippen molar-refractivity contribution in [2.45, 2.75) is 13.1 Å². The molecule has 2 aromatic rings. The van der Waals surface area contributed by atoms with E-state index in [2.05, 4.69) is 32.9 Å². The average molecular weight is 241 g/mol. The Morgan fingerprint density at radius 1 is 1.33 bits per heavy atom. The Morgan fingerprint density at radius 3 is 3.06 bits per heavy atom. The maximum Gasteiger partial charge on any atom is 0.196 e. The quantitative estimate of drug-likeness (QED) is 0.837. The number of aryl methyl sites for hydroxylation is 1. The van der Waals surface area contributed by atoms with E-state index >= 15 is 0 Å². The lowest BCUT2D eigenvalue weighted by Gasteiger charge is -2.19. The van der Waals surface area contributed by atoms with Crippen LogP contribution in [0.4, 0.5) is 5.69 Å². The molecule has 0 unspecified atom stereocenters. The molecule has 2 N–H and O–H groups in total. The molecule has 3 rings (SSSR count). The number of aromatic nitrogens is 2. The molecule has 1 aliphatic rings. The number of guanidine groups is 1. The molecule has 0 aliphatic carbocycles. The number of rotatable bonds is 2. The first-order valence-corrected chi connectivity index (χ1v) is 5.93. The minimum atomic E-state index is 0.713. The summed E-state index contributed by atoms with van der Waals surface area (Å²) in [4.78, 5) is 4.46. The predicted octanol–water partition coefficient (Wildman–Crippen LogP) is 1.49. The summed E-state index contributed by atoms with van der Waals surface area (Å²) < 4.78 is 1.85. The Kier molecular flexibility index (Phi) is 2.72. The maximum atomic E-state index is 4.46. The van der Waals surface area contributed by atoms with Crippen molar-refractivity contribution in [2.24, 2.45) is 12.0 Å². The van der Waals surface area contributed by atoms with E-state index < -0.39 is 0 Å². The van der Waals surface area contributed by atoms with Gasteiger partial charge in [-0.05, 0) is 17.7 Å². The van der Waals surface area contributed by atoms with Crippen LogP contribution in [0.25, 0.3) is 0 Å². The summed E-state index contributed by atoms with van der Waals surface area (Å²) in [6.07, 6.45) is 1.79. The third kappa shape index (κ3) is 2.07. The molecule has 1 aromatic heterocycles. The Hall–Kier alpha value is -2.30. The molecule has 0 bridgehead atoms. The number of benzene rings is 1. The van der Waals surface area contributed by atoms with Crippen LogP contribution in [0, 0.1) is 0 Å². The van der Waals surface area contributed by atoms with Gasteiger partial charge >= 0.3 is 0 Å². The molecule has 0 saturated heterocycles. The van der Waals surface area contributed by atoms with Crippen LogP contribution >= 0.6 is 0 Å². The van der Waals surface area contributed by atoms with Crippen molar-refractivity contribution >= 4 is 11.6 Å². The van der Waals surface area contributed by atoms with Gasteiger partial charge in [-0.25, -0.2) is 4.99 Å². The highest BCUT2D eigenvalue weighted by Crippen LogP contribution is 2.19. The summed E-state index contributed by atoms with van der Waals surface area (Å²) in [5, 5.41) is 10.7. The van der Waals surface area contributed by atoms with Crippen molar-refractivity contribution in [1.29, 1.82) is 0 Å². The Morgan fingerprint density at radius 2 is 2.22 bits per heavy atom. The monoisotopic (exact) mass is 241 g/mol. The highest BCUT2D eigenvalue weighted by Gasteiger charge is 2.10. The van der Waals surface area contributed by atoms with Crippen molar-refractivity contribution in [3.63, 3.8) is 0 Å². The first-order valence-electron chi connectivity index (χ1n) is 5.93. The fourth-order valence-corrected chi connectivity index (χ4v) is 1.96. The number of fused-ring (bicyclic) bond motifs is 1. The topological polar surface area (TPSA) is 54.2 Å². The zero-order valence-electron chi connectivity index (χ0n) is 10.2. The highest BCUT2D eigenvalue weighted by molar-refractivity contribution is 5.95. The van der Waals surface area contributed by atoms with Crippen LogP contribution in [-0.4, -0.2) is 15.7 Å². The summed E-state index contributed by atoms with van der Waals surface area (Å²) in [5.41, 5.74) is 3.47. The van der Waals surface area contributed by atoms with Gasteiger partial charge in [0.05, 0.1) is 18.8 Å². The number of anilines is 1. The summed E-state index contributed by atoms with van der Waals surface area (Å²) in [6.45, 7) is 1.43. The van der Waals surface area contributed by atoms with Crippen molar-refractivity contribution < 1.29 is 0 Å². The molecule has 1 aliphatic heterocycles. The molecule has 0 atom stereocenters. The molecule has 2 heterocycles. The lowest BCUT2D eigenvalue weighted by molar-refractivity contribution is 0.691. The Bertz CT molecular complexity index is 585. The van der Waals surface area contributed by atoms with E-state index in [1.807, 2.05) is 29.9 Å². The Labute approximate surface area is 106 Å². The number of hydrogen-bond acceptors (Lipinski definition) is 4. The first-order chi connectivity index (χ1) is 8.83. The van der Waals surface area contributed by atoms with E-state index in [0.717, 1.165) is 23.9 Å². The predicted molar refractivity (Wildman–Crippen MR) is 71.3 cm³/mol. The molecule has 0 radical (unpaired) electrons. The van der Waals surface area contributed by atoms with Crippen LogP contribution in [0.2, 0.25) is 0 Å². The van der Waals surface area contributed by atoms with Gasteiger partial charge in [0.15, 0.2) is 5.96 Å². The van der Waals surface area contributed by atoms with Gasteiger partial charge in [-0.3, -0.25) is 4.68 Å². The summed E-state index contributed by atoms with van der Waals surface area (Å²) in [5.74, 6) is 0.815. The number of para-hydroxylation sites is 1.